The second-order valence-corrected chi connectivity index (χ2v) is 6.43. The van der Waals surface area contributed by atoms with Gasteiger partial charge in [-0.15, -0.1) is 0 Å². The molecule has 3 rings (SSSR count). The highest BCUT2D eigenvalue weighted by Gasteiger charge is 2.36. The van der Waals surface area contributed by atoms with Gasteiger partial charge in [-0.2, -0.15) is 31.4 Å². The van der Waals surface area contributed by atoms with Crippen LogP contribution in [0.4, 0.5) is 32.0 Å². The number of rotatable bonds is 5. The van der Waals surface area contributed by atoms with Crippen LogP contribution in [0.2, 0.25) is 0 Å². The second-order valence-electron chi connectivity index (χ2n) is 6.43. The Kier molecular flexibility index (Phi) is 5.61. The number of amides is 1. The first kappa shape index (κ1) is 22.1. The zero-order valence-electron chi connectivity index (χ0n) is 15.5. The van der Waals surface area contributed by atoms with Crippen LogP contribution in [0.15, 0.2) is 41.2 Å². The van der Waals surface area contributed by atoms with E-state index in [0.717, 1.165) is 16.9 Å². The van der Waals surface area contributed by atoms with Crippen molar-refractivity contribution in [3.05, 3.63) is 64.8 Å². The molecule has 0 fully saturated rings. The summed E-state index contributed by atoms with van der Waals surface area (Å²) in [5, 5.41) is 9.61. The van der Waals surface area contributed by atoms with Gasteiger partial charge in [0.2, 0.25) is 5.76 Å². The van der Waals surface area contributed by atoms with Crippen molar-refractivity contribution in [2.24, 2.45) is 0 Å². The maximum atomic E-state index is 13.0. The SMILES string of the molecule is CC(=O)c1cc(C(=O)Nc2cnn(Cc3cc(C(F)(F)F)cc(C(F)(F)F)c3)c2)no1. The van der Waals surface area contributed by atoms with Crippen molar-refractivity contribution < 1.29 is 40.5 Å². The van der Waals surface area contributed by atoms with Gasteiger partial charge in [0.15, 0.2) is 11.5 Å². The molecule has 0 radical (unpaired) electrons. The first-order chi connectivity index (χ1) is 14.3. The minimum atomic E-state index is -4.96. The van der Waals surface area contributed by atoms with Gasteiger partial charge in [0.25, 0.3) is 5.91 Å². The van der Waals surface area contributed by atoms with Crippen molar-refractivity contribution >= 4 is 17.4 Å². The van der Waals surface area contributed by atoms with E-state index in [2.05, 4.69) is 20.1 Å². The quantitative estimate of drug-likeness (QED) is 0.463. The molecular weight excluding hydrogens is 434 g/mol. The third-order valence-corrected chi connectivity index (χ3v) is 3.97. The molecule has 0 unspecified atom stereocenters. The smallest absolute Gasteiger partial charge is 0.352 e. The molecule has 2 heterocycles. The molecule has 0 spiro atoms. The number of hydrogen-bond donors (Lipinski definition) is 1. The summed E-state index contributed by atoms with van der Waals surface area (Å²) in [6, 6.07) is 2.33. The molecule has 0 bridgehead atoms. The van der Waals surface area contributed by atoms with Crippen molar-refractivity contribution in [2.45, 2.75) is 25.8 Å². The fourth-order valence-electron chi connectivity index (χ4n) is 2.56. The van der Waals surface area contributed by atoms with Gasteiger partial charge < -0.3 is 9.84 Å². The number of Topliss-reactive ketones (excluding diaryl/α,β-unsaturated/α-hetero) is 1. The van der Waals surface area contributed by atoms with Crippen LogP contribution in [-0.2, 0) is 18.9 Å². The highest BCUT2D eigenvalue weighted by atomic mass is 19.4. The fraction of sp³-hybridized carbons (Fsp3) is 0.222. The summed E-state index contributed by atoms with van der Waals surface area (Å²) in [6.45, 7) is 0.797. The van der Waals surface area contributed by atoms with Gasteiger partial charge in [-0.1, -0.05) is 5.16 Å². The molecule has 2 aromatic heterocycles. The Bertz CT molecular complexity index is 1100. The summed E-state index contributed by atoms with van der Waals surface area (Å²) in [5.41, 5.74) is -3.27. The Hall–Kier alpha value is -3.64. The maximum absolute atomic E-state index is 13.0. The average molecular weight is 446 g/mol. The largest absolute Gasteiger partial charge is 0.416 e. The number of alkyl halides is 6. The summed E-state index contributed by atoms with van der Waals surface area (Å²) in [6.07, 6.45) is -7.58. The zero-order chi connectivity index (χ0) is 23.0. The van der Waals surface area contributed by atoms with E-state index in [9.17, 15) is 35.9 Å². The normalized spacial score (nSPS) is 12.1. The number of anilines is 1. The van der Waals surface area contributed by atoms with E-state index >= 15 is 0 Å². The van der Waals surface area contributed by atoms with E-state index in [0.29, 0.717) is 12.1 Å². The van der Waals surface area contributed by atoms with Gasteiger partial charge in [0, 0.05) is 19.2 Å². The predicted octanol–water partition coefficient (Wildman–Crippen LogP) is 4.41. The lowest BCUT2D eigenvalue weighted by Gasteiger charge is -2.14. The summed E-state index contributed by atoms with van der Waals surface area (Å²) < 4.78 is 83.5. The van der Waals surface area contributed by atoms with Crippen molar-refractivity contribution in [3.8, 4) is 0 Å². The van der Waals surface area contributed by atoms with Crippen LogP contribution in [0.1, 0.15) is 44.7 Å². The molecule has 0 saturated heterocycles. The highest BCUT2D eigenvalue weighted by molar-refractivity contribution is 6.04. The zero-order valence-corrected chi connectivity index (χ0v) is 15.5. The molecule has 1 N–H and O–H groups in total. The topological polar surface area (TPSA) is 90.0 Å². The molecule has 3 aromatic rings. The van der Waals surface area contributed by atoms with Gasteiger partial charge in [-0.05, 0) is 23.8 Å². The minimum absolute atomic E-state index is 0.0332. The Morgan fingerprint density at radius 2 is 1.65 bits per heavy atom. The molecule has 1 aromatic carbocycles. The van der Waals surface area contributed by atoms with Crippen LogP contribution in [0.5, 0.6) is 0 Å². The molecule has 0 aliphatic heterocycles. The first-order valence-corrected chi connectivity index (χ1v) is 8.43. The molecule has 0 saturated carbocycles. The molecule has 0 aliphatic rings. The minimum Gasteiger partial charge on any atom is -0.352 e. The summed E-state index contributed by atoms with van der Waals surface area (Å²) >= 11 is 0. The van der Waals surface area contributed by atoms with E-state index in [1.54, 1.807) is 0 Å². The van der Waals surface area contributed by atoms with Crippen LogP contribution in [0.3, 0.4) is 0 Å². The van der Waals surface area contributed by atoms with Crippen LogP contribution in [0.25, 0.3) is 0 Å². The average Bonchev–Trinajstić information content (AvgIpc) is 3.30. The number of ketones is 1. The second kappa shape index (κ2) is 7.89. The number of aromatic nitrogens is 3. The van der Waals surface area contributed by atoms with E-state index in [1.807, 2.05) is 0 Å². The molecule has 1 amide bonds. The standard InChI is InChI=1S/C18H12F6N4O3/c1-9(29)15-5-14(27-31-15)16(30)26-13-6-25-28(8-13)7-10-2-11(17(19,20)21)4-12(3-10)18(22,23)24/h2-6,8H,7H2,1H3,(H,26,30). The summed E-state index contributed by atoms with van der Waals surface area (Å²) in [7, 11) is 0. The third kappa shape index (κ3) is 5.29. The molecule has 0 aliphatic carbocycles. The number of carbonyl (C=O) groups is 2. The maximum Gasteiger partial charge on any atom is 0.416 e. The van der Waals surface area contributed by atoms with E-state index < -0.39 is 41.7 Å². The molecule has 0 atom stereocenters. The van der Waals surface area contributed by atoms with Crippen LogP contribution in [0, 0.1) is 0 Å². The predicted molar refractivity (Wildman–Crippen MR) is 92.2 cm³/mol. The fourth-order valence-corrected chi connectivity index (χ4v) is 2.56. The van der Waals surface area contributed by atoms with Crippen LogP contribution >= 0.6 is 0 Å². The van der Waals surface area contributed by atoms with Gasteiger partial charge >= 0.3 is 12.4 Å². The third-order valence-electron chi connectivity index (χ3n) is 3.97. The van der Waals surface area contributed by atoms with Gasteiger partial charge in [0.1, 0.15) is 0 Å². The summed E-state index contributed by atoms with van der Waals surface area (Å²) in [4.78, 5) is 23.3. The van der Waals surface area contributed by atoms with Gasteiger partial charge in [-0.3, -0.25) is 14.3 Å². The Balaban J connectivity index is 1.78. The Morgan fingerprint density at radius 3 is 2.16 bits per heavy atom. The number of nitrogens with zero attached hydrogens (tertiary/aromatic N) is 3. The van der Waals surface area contributed by atoms with Crippen molar-refractivity contribution in [2.75, 3.05) is 5.32 Å². The molecule has 31 heavy (non-hydrogen) atoms. The first-order valence-electron chi connectivity index (χ1n) is 8.43. The van der Waals surface area contributed by atoms with E-state index in [1.165, 1.54) is 13.1 Å². The number of benzene rings is 1. The molecular formula is C18H12F6N4O3. The van der Waals surface area contributed by atoms with Gasteiger partial charge in [-0.25, -0.2) is 0 Å². The lowest BCUT2D eigenvalue weighted by Crippen LogP contribution is -2.13. The number of carbonyl (C=O) groups excluding carboxylic acids is 2. The Labute approximate surface area is 169 Å². The molecule has 7 nitrogen and oxygen atoms in total. The Morgan fingerprint density at radius 1 is 1.03 bits per heavy atom. The lowest BCUT2D eigenvalue weighted by atomic mass is 10.0. The van der Waals surface area contributed by atoms with Crippen molar-refractivity contribution in [3.63, 3.8) is 0 Å². The number of nitrogens with one attached hydrogen (secondary N) is 1. The van der Waals surface area contributed by atoms with Crippen molar-refractivity contribution in [1.82, 2.24) is 14.9 Å². The number of hydrogen-bond acceptors (Lipinski definition) is 5. The summed E-state index contributed by atoms with van der Waals surface area (Å²) in [5.74, 6) is -1.33. The van der Waals surface area contributed by atoms with Gasteiger partial charge in [0.05, 0.1) is 29.6 Å². The van der Waals surface area contributed by atoms with Crippen LogP contribution < -0.4 is 5.32 Å². The van der Waals surface area contributed by atoms with E-state index in [-0.39, 0.29) is 28.8 Å². The lowest BCUT2D eigenvalue weighted by molar-refractivity contribution is -0.143. The van der Waals surface area contributed by atoms with Crippen molar-refractivity contribution in [1.29, 1.82) is 0 Å². The van der Waals surface area contributed by atoms with E-state index in [4.69, 9.17) is 0 Å². The molecule has 164 valence electrons. The van der Waals surface area contributed by atoms with Crippen LogP contribution in [-0.4, -0.2) is 26.6 Å². The monoisotopic (exact) mass is 446 g/mol. The molecule has 13 heteroatoms. The number of halogens is 6. The highest BCUT2D eigenvalue weighted by Crippen LogP contribution is 2.36.